The summed E-state index contributed by atoms with van der Waals surface area (Å²) in [6.45, 7) is 1.84. The first-order valence-corrected chi connectivity index (χ1v) is 10.4. The van der Waals surface area contributed by atoms with Crippen molar-refractivity contribution in [1.29, 1.82) is 0 Å². The van der Waals surface area contributed by atoms with E-state index in [9.17, 15) is 9.59 Å². The fraction of sp³-hybridized carbons (Fsp3) is 0.192. The third kappa shape index (κ3) is 7.50. The van der Waals surface area contributed by atoms with Crippen molar-refractivity contribution >= 4 is 18.0 Å². The zero-order valence-corrected chi connectivity index (χ0v) is 18.6. The van der Waals surface area contributed by atoms with Crippen LogP contribution >= 0.6 is 0 Å². The van der Waals surface area contributed by atoms with Gasteiger partial charge in [-0.05, 0) is 48.9 Å². The Bertz CT molecular complexity index is 1080. The number of amides is 1. The first kappa shape index (κ1) is 23.5. The van der Waals surface area contributed by atoms with Crippen LogP contribution < -0.4 is 14.8 Å². The molecule has 1 amide bonds. The number of benzene rings is 2. The lowest BCUT2D eigenvalue weighted by Gasteiger charge is -2.17. The molecule has 7 heteroatoms. The second-order valence-electron chi connectivity index (χ2n) is 7.15. The van der Waals surface area contributed by atoms with Crippen LogP contribution in [0.3, 0.4) is 0 Å². The van der Waals surface area contributed by atoms with Crippen LogP contribution in [0, 0.1) is 0 Å². The molecule has 3 rings (SSSR count). The first-order chi connectivity index (χ1) is 16.0. The Labute approximate surface area is 193 Å². The van der Waals surface area contributed by atoms with Crippen molar-refractivity contribution < 1.29 is 23.8 Å². The zero-order valence-electron chi connectivity index (χ0n) is 18.6. The van der Waals surface area contributed by atoms with Crippen LogP contribution in [0.4, 0.5) is 0 Å². The topological polar surface area (TPSA) is 86.8 Å². The summed E-state index contributed by atoms with van der Waals surface area (Å²) in [6.07, 6.45) is 4.61. The summed E-state index contributed by atoms with van der Waals surface area (Å²) in [4.78, 5) is 28.3. The highest BCUT2D eigenvalue weighted by Gasteiger charge is 2.14. The van der Waals surface area contributed by atoms with E-state index in [4.69, 9.17) is 14.2 Å². The van der Waals surface area contributed by atoms with Gasteiger partial charge in [-0.2, -0.15) is 0 Å². The van der Waals surface area contributed by atoms with Gasteiger partial charge in [0.05, 0.1) is 18.8 Å². The Morgan fingerprint density at radius 3 is 2.52 bits per heavy atom. The van der Waals surface area contributed by atoms with Crippen LogP contribution in [0.25, 0.3) is 6.08 Å². The number of esters is 1. The minimum atomic E-state index is -0.606. The highest BCUT2D eigenvalue weighted by Crippen LogP contribution is 2.24. The number of hydrogen-bond acceptors (Lipinski definition) is 6. The highest BCUT2D eigenvalue weighted by molar-refractivity contribution is 5.89. The Kier molecular flexibility index (Phi) is 8.59. The number of methoxy groups -OCH3 is 1. The van der Waals surface area contributed by atoms with Gasteiger partial charge < -0.3 is 19.5 Å². The predicted octanol–water partition coefficient (Wildman–Crippen LogP) is 4.10. The van der Waals surface area contributed by atoms with E-state index in [2.05, 4.69) is 10.3 Å². The molecule has 7 nitrogen and oxygen atoms in total. The van der Waals surface area contributed by atoms with Crippen molar-refractivity contribution in [3.8, 4) is 11.5 Å². The predicted molar refractivity (Wildman–Crippen MR) is 125 cm³/mol. The number of rotatable bonds is 10. The molecule has 2 aromatic carbocycles. The van der Waals surface area contributed by atoms with Crippen molar-refractivity contribution in [3.05, 3.63) is 95.8 Å². The summed E-state index contributed by atoms with van der Waals surface area (Å²) >= 11 is 0. The first-order valence-electron chi connectivity index (χ1n) is 10.4. The standard InChI is InChI=1S/C26H26N2O5/c1-19(23-8-3-4-9-24(23)31-2)28-25(29)18-33-26(30)15-12-20-10-13-22(14-11-20)32-17-21-7-5-6-16-27-21/h3-16,19H,17-18H2,1-2H3,(H,28,29)/b15-12+. The number of hydrogen-bond donors (Lipinski definition) is 1. The van der Waals surface area contributed by atoms with E-state index < -0.39 is 11.9 Å². The maximum absolute atomic E-state index is 12.1. The lowest BCUT2D eigenvalue weighted by atomic mass is 10.1. The quantitative estimate of drug-likeness (QED) is 0.373. The fourth-order valence-corrected chi connectivity index (χ4v) is 3.05. The molecule has 0 bridgehead atoms. The van der Waals surface area contributed by atoms with Crippen molar-refractivity contribution in [2.75, 3.05) is 13.7 Å². The van der Waals surface area contributed by atoms with E-state index in [0.717, 1.165) is 16.8 Å². The van der Waals surface area contributed by atoms with Gasteiger partial charge in [-0.15, -0.1) is 0 Å². The molecule has 1 heterocycles. The van der Waals surface area contributed by atoms with Gasteiger partial charge in [-0.1, -0.05) is 36.4 Å². The fourth-order valence-electron chi connectivity index (χ4n) is 3.05. The van der Waals surface area contributed by atoms with E-state index in [1.54, 1.807) is 31.5 Å². The molecular formula is C26H26N2O5. The largest absolute Gasteiger partial charge is 0.496 e. The van der Waals surface area contributed by atoms with E-state index >= 15 is 0 Å². The molecule has 0 saturated heterocycles. The molecule has 170 valence electrons. The molecule has 0 radical (unpaired) electrons. The second kappa shape index (κ2) is 12.0. The van der Waals surface area contributed by atoms with E-state index in [0.29, 0.717) is 18.1 Å². The van der Waals surface area contributed by atoms with Crippen LogP contribution in [0.2, 0.25) is 0 Å². The molecule has 0 saturated carbocycles. The molecule has 1 aromatic heterocycles. The molecule has 1 unspecified atom stereocenters. The lowest BCUT2D eigenvalue weighted by Crippen LogP contribution is -2.31. The lowest BCUT2D eigenvalue weighted by molar-refractivity contribution is -0.144. The minimum absolute atomic E-state index is 0.290. The van der Waals surface area contributed by atoms with Gasteiger partial charge in [0.15, 0.2) is 6.61 Å². The average molecular weight is 447 g/mol. The normalized spacial score (nSPS) is 11.6. The summed E-state index contributed by atoms with van der Waals surface area (Å²) < 4.78 is 16.0. The number of pyridine rings is 1. The molecule has 1 N–H and O–H groups in total. The van der Waals surface area contributed by atoms with Crippen molar-refractivity contribution in [2.24, 2.45) is 0 Å². The van der Waals surface area contributed by atoms with Gasteiger partial charge in [0, 0.05) is 17.8 Å². The van der Waals surface area contributed by atoms with Crippen molar-refractivity contribution in [1.82, 2.24) is 10.3 Å². The Balaban J connectivity index is 1.42. The Morgan fingerprint density at radius 1 is 1.03 bits per heavy atom. The van der Waals surface area contributed by atoms with Gasteiger partial charge in [0.1, 0.15) is 18.1 Å². The van der Waals surface area contributed by atoms with Crippen molar-refractivity contribution in [2.45, 2.75) is 19.6 Å². The molecule has 0 spiro atoms. The maximum atomic E-state index is 12.1. The molecular weight excluding hydrogens is 420 g/mol. The summed E-state index contributed by atoms with van der Waals surface area (Å²) in [5.74, 6) is 0.370. The molecule has 1 atom stereocenters. The van der Waals surface area contributed by atoms with Gasteiger partial charge >= 0.3 is 5.97 Å². The summed E-state index contributed by atoms with van der Waals surface area (Å²) in [5, 5.41) is 2.79. The number of carbonyl (C=O) groups excluding carboxylic acids is 2. The summed E-state index contributed by atoms with van der Waals surface area (Å²) in [7, 11) is 1.57. The highest BCUT2D eigenvalue weighted by atomic mass is 16.5. The zero-order chi connectivity index (χ0) is 23.5. The molecule has 3 aromatic rings. The van der Waals surface area contributed by atoms with Crippen LogP contribution in [-0.4, -0.2) is 30.6 Å². The number of carbonyl (C=O) groups is 2. The minimum Gasteiger partial charge on any atom is -0.496 e. The molecule has 0 fully saturated rings. The molecule has 0 aliphatic rings. The van der Waals surface area contributed by atoms with Crippen LogP contribution in [0.15, 0.2) is 79.0 Å². The molecule has 33 heavy (non-hydrogen) atoms. The van der Waals surface area contributed by atoms with Gasteiger partial charge in [-0.3, -0.25) is 9.78 Å². The van der Waals surface area contributed by atoms with Crippen molar-refractivity contribution in [3.63, 3.8) is 0 Å². The Morgan fingerprint density at radius 2 is 1.79 bits per heavy atom. The summed E-state index contributed by atoms with van der Waals surface area (Å²) in [5.41, 5.74) is 2.48. The number of nitrogens with one attached hydrogen (secondary N) is 1. The number of nitrogens with zero attached hydrogens (tertiary/aromatic N) is 1. The van der Waals surface area contributed by atoms with Gasteiger partial charge in [0.2, 0.25) is 0 Å². The summed E-state index contributed by atoms with van der Waals surface area (Å²) in [6, 6.07) is 20.0. The smallest absolute Gasteiger partial charge is 0.331 e. The monoisotopic (exact) mass is 446 g/mol. The van der Waals surface area contributed by atoms with Crippen LogP contribution in [0.5, 0.6) is 11.5 Å². The van der Waals surface area contributed by atoms with E-state index in [-0.39, 0.29) is 12.6 Å². The third-order valence-electron chi connectivity index (χ3n) is 4.73. The van der Waals surface area contributed by atoms with E-state index in [1.807, 2.05) is 61.5 Å². The second-order valence-corrected chi connectivity index (χ2v) is 7.15. The number of aromatic nitrogens is 1. The molecule has 0 aliphatic heterocycles. The Hall–Kier alpha value is -4.13. The van der Waals surface area contributed by atoms with Crippen LogP contribution in [-0.2, 0) is 20.9 Å². The van der Waals surface area contributed by atoms with Crippen LogP contribution in [0.1, 0.15) is 29.8 Å². The third-order valence-corrected chi connectivity index (χ3v) is 4.73. The molecule has 0 aliphatic carbocycles. The number of para-hydroxylation sites is 1. The van der Waals surface area contributed by atoms with Gasteiger partial charge in [0.25, 0.3) is 5.91 Å². The van der Waals surface area contributed by atoms with E-state index in [1.165, 1.54) is 6.08 Å². The number of ether oxygens (including phenoxy) is 3. The maximum Gasteiger partial charge on any atom is 0.331 e. The average Bonchev–Trinajstić information content (AvgIpc) is 2.86. The SMILES string of the molecule is COc1ccccc1C(C)NC(=O)COC(=O)/C=C/c1ccc(OCc2ccccn2)cc1. The van der Waals surface area contributed by atoms with Gasteiger partial charge in [-0.25, -0.2) is 4.79 Å².